The van der Waals surface area contributed by atoms with Crippen molar-refractivity contribution in [3.8, 4) is 5.75 Å². The van der Waals surface area contributed by atoms with Crippen molar-refractivity contribution in [2.24, 2.45) is 0 Å². The molecule has 0 spiro atoms. The number of aromatic nitrogens is 2. The molecule has 0 bridgehead atoms. The zero-order chi connectivity index (χ0) is 18.4. The second kappa shape index (κ2) is 8.29. The smallest absolute Gasteiger partial charge is 0.261 e. The maximum atomic E-state index is 12.9. The molecule has 0 unspecified atom stereocenters. The number of amides is 1. The topological polar surface area (TPSA) is 56.1 Å². The van der Waals surface area contributed by atoms with Crippen LogP contribution >= 0.6 is 0 Å². The molecule has 0 saturated carbocycles. The fraction of sp³-hybridized carbons (Fsp3) is 0.200. The molecule has 0 aliphatic heterocycles. The maximum Gasteiger partial charge on any atom is 0.261 e. The van der Waals surface area contributed by atoms with Gasteiger partial charge in [0.05, 0.1) is 6.54 Å². The molecule has 1 atom stereocenters. The minimum absolute atomic E-state index is 0.227. The van der Waals surface area contributed by atoms with Crippen molar-refractivity contribution < 1.29 is 13.9 Å². The summed E-state index contributed by atoms with van der Waals surface area (Å²) >= 11 is 0. The van der Waals surface area contributed by atoms with Gasteiger partial charge in [0.1, 0.15) is 11.6 Å². The number of benzene rings is 2. The lowest BCUT2D eigenvalue weighted by Gasteiger charge is -2.15. The Bertz CT molecular complexity index is 831. The second-order valence-electron chi connectivity index (χ2n) is 5.95. The number of nitrogens with zero attached hydrogens (tertiary/aromatic N) is 2. The largest absolute Gasteiger partial charge is 0.481 e. The first kappa shape index (κ1) is 17.7. The van der Waals surface area contributed by atoms with Crippen LogP contribution in [0.2, 0.25) is 0 Å². The molecule has 0 radical (unpaired) electrons. The zero-order valence-corrected chi connectivity index (χ0v) is 14.4. The van der Waals surface area contributed by atoms with E-state index in [0.717, 1.165) is 11.1 Å². The fourth-order valence-electron chi connectivity index (χ4n) is 2.45. The Morgan fingerprint density at radius 1 is 1.15 bits per heavy atom. The number of carbonyl (C=O) groups excluding carboxylic acids is 1. The van der Waals surface area contributed by atoms with Gasteiger partial charge in [0.15, 0.2) is 6.10 Å². The zero-order valence-electron chi connectivity index (χ0n) is 14.4. The third kappa shape index (κ3) is 4.92. The molecule has 0 aliphatic rings. The molecule has 2 aromatic carbocycles. The normalized spacial score (nSPS) is 11.8. The van der Waals surface area contributed by atoms with Crippen LogP contribution in [0.4, 0.5) is 4.39 Å². The van der Waals surface area contributed by atoms with Crippen molar-refractivity contribution in [3.05, 3.63) is 83.9 Å². The molecule has 0 fully saturated rings. The SMILES string of the molecule is C[C@@H](Oc1ccc(F)cc1)C(=O)NCc1ccc(Cn2cccn2)cc1. The average molecular weight is 353 g/mol. The summed E-state index contributed by atoms with van der Waals surface area (Å²) in [7, 11) is 0. The van der Waals surface area contributed by atoms with E-state index < -0.39 is 6.10 Å². The van der Waals surface area contributed by atoms with Gasteiger partial charge < -0.3 is 10.1 Å². The molecule has 0 aliphatic carbocycles. The van der Waals surface area contributed by atoms with E-state index in [2.05, 4.69) is 10.4 Å². The number of carbonyl (C=O) groups is 1. The Balaban J connectivity index is 1.48. The minimum Gasteiger partial charge on any atom is -0.481 e. The minimum atomic E-state index is -0.667. The van der Waals surface area contributed by atoms with E-state index in [1.165, 1.54) is 24.3 Å². The van der Waals surface area contributed by atoms with Crippen molar-refractivity contribution in [2.45, 2.75) is 26.1 Å². The van der Waals surface area contributed by atoms with Gasteiger partial charge in [-0.3, -0.25) is 9.48 Å². The fourth-order valence-corrected chi connectivity index (χ4v) is 2.45. The molecule has 3 aromatic rings. The van der Waals surface area contributed by atoms with Gasteiger partial charge in [-0.2, -0.15) is 5.10 Å². The van der Waals surface area contributed by atoms with Gasteiger partial charge in [0, 0.05) is 18.9 Å². The summed E-state index contributed by atoms with van der Waals surface area (Å²) < 4.78 is 20.2. The van der Waals surface area contributed by atoms with Crippen LogP contribution in [0.25, 0.3) is 0 Å². The third-order valence-electron chi connectivity index (χ3n) is 3.89. The Morgan fingerprint density at radius 2 is 1.85 bits per heavy atom. The number of halogens is 1. The molecule has 5 nitrogen and oxygen atoms in total. The first-order valence-electron chi connectivity index (χ1n) is 8.35. The van der Waals surface area contributed by atoms with Crippen LogP contribution in [0, 0.1) is 5.82 Å². The molecule has 3 rings (SSSR count). The van der Waals surface area contributed by atoms with Gasteiger partial charge in [-0.05, 0) is 48.4 Å². The van der Waals surface area contributed by atoms with E-state index >= 15 is 0 Å². The van der Waals surface area contributed by atoms with Crippen molar-refractivity contribution >= 4 is 5.91 Å². The number of nitrogens with one attached hydrogen (secondary N) is 1. The van der Waals surface area contributed by atoms with Gasteiger partial charge in [-0.15, -0.1) is 0 Å². The summed E-state index contributed by atoms with van der Waals surface area (Å²) in [5, 5.41) is 7.02. The lowest BCUT2D eigenvalue weighted by molar-refractivity contribution is -0.127. The Hall–Kier alpha value is -3.15. The lowest BCUT2D eigenvalue weighted by Crippen LogP contribution is -2.35. The highest BCUT2D eigenvalue weighted by molar-refractivity contribution is 5.80. The van der Waals surface area contributed by atoms with Crippen LogP contribution in [0.15, 0.2) is 67.0 Å². The van der Waals surface area contributed by atoms with E-state index in [0.29, 0.717) is 18.8 Å². The molecule has 1 heterocycles. The van der Waals surface area contributed by atoms with E-state index in [1.54, 1.807) is 13.1 Å². The average Bonchev–Trinajstić information content (AvgIpc) is 3.16. The maximum absolute atomic E-state index is 12.9. The highest BCUT2D eigenvalue weighted by atomic mass is 19.1. The van der Waals surface area contributed by atoms with E-state index in [4.69, 9.17) is 4.74 Å². The summed E-state index contributed by atoms with van der Waals surface area (Å²) in [6.07, 6.45) is 3.00. The van der Waals surface area contributed by atoms with Gasteiger partial charge >= 0.3 is 0 Å². The number of hydrogen-bond acceptors (Lipinski definition) is 3. The van der Waals surface area contributed by atoms with Gasteiger partial charge in [-0.25, -0.2) is 4.39 Å². The molecule has 1 amide bonds. The molecule has 1 N–H and O–H groups in total. The highest BCUT2D eigenvalue weighted by Gasteiger charge is 2.14. The number of rotatable bonds is 7. The third-order valence-corrected chi connectivity index (χ3v) is 3.89. The molecule has 0 saturated heterocycles. The number of hydrogen-bond donors (Lipinski definition) is 1. The van der Waals surface area contributed by atoms with Gasteiger partial charge in [0.2, 0.25) is 0 Å². The molecule has 1 aromatic heterocycles. The summed E-state index contributed by atoms with van der Waals surface area (Å²) in [5.74, 6) is -0.113. The van der Waals surface area contributed by atoms with E-state index in [-0.39, 0.29) is 11.7 Å². The van der Waals surface area contributed by atoms with Crippen LogP contribution in [0.3, 0.4) is 0 Å². The first-order valence-corrected chi connectivity index (χ1v) is 8.35. The monoisotopic (exact) mass is 353 g/mol. The standard InChI is InChI=1S/C20H20FN3O2/c1-15(26-19-9-7-18(21)8-10-19)20(25)22-13-16-3-5-17(6-4-16)14-24-12-2-11-23-24/h2-12,15H,13-14H2,1H3,(H,22,25)/t15-/m1/s1. The van der Waals surface area contributed by atoms with Crippen LogP contribution in [0.1, 0.15) is 18.1 Å². The Labute approximate surface area is 151 Å². The predicted octanol–water partition coefficient (Wildman–Crippen LogP) is 3.15. The predicted molar refractivity (Wildman–Crippen MR) is 96.1 cm³/mol. The highest BCUT2D eigenvalue weighted by Crippen LogP contribution is 2.13. The van der Waals surface area contributed by atoms with E-state index in [1.807, 2.05) is 41.2 Å². The van der Waals surface area contributed by atoms with Crippen molar-refractivity contribution in [2.75, 3.05) is 0 Å². The molecule has 6 heteroatoms. The van der Waals surface area contributed by atoms with Gasteiger partial charge in [-0.1, -0.05) is 24.3 Å². The first-order chi connectivity index (χ1) is 12.6. The molecular weight excluding hydrogens is 333 g/mol. The quantitative estimate of drug-likeness (QED) is 0.710. The summed E-state index contributed by atoms with van der Waals surface area (Å²) in [6, 6.07) is 15.5. The van der Waals surface area contributed by atoms with E-state index in [9.17, 15) is 9.18 Å². The lowest BCUT2D eigenvalue weighted by atomic mass is 10.1. The second-order valence-corrected chi connectivity index (χ2v) is 5.95. The molecule has 26 heavy (non-hydrogen) atoms. The van der Waals surface area contributed by atoms with Crippen LogP contribution < -0.4 is 10.1 Å². The number of ether oxygens (including phenoxy) is 1. The van der Waals surface area contributed by atoms with Crippen LogP contribution in [-0.4, -0.2) is 21.8 Å². The summed E-state index contributed by atoms with van der Waals surface area (Å²) in [6.45, 7) is 2.78. The molecule has 134 valence electrons. The van der Waals surface area contributed by atoms with Crippen LogP contribution in [-0.2, 0) is 17.9 Å². The van der Waals surface area contributed by atoms with Crippen molar-refractivity contribution in [3.63, 3.8) is 0 Å². The summed E-state index contributed by atoms with van der Waals surface area (Å²) in [4.78, 5) is 12.1. The Morgan fingerprint density at radius 3 is 2.50 bits per heavy atom. The van der Waals surface area contributed by atoms with Crippen LogP contribution in [0.5, 0.6) is 5.75 Å². The Kier molecular flexibility index (Phi) is 5.63. The van der Waals surface area contributed by atoms with Crippen molar-refractivity contribution in [1.82, 2.24) is 15.1 Å². The van der Waals surface area contributed by atoms with Gasteiger partial charge in [0.25, 0.3) is 5.91 Å². The van der Waals surface area contributed by atoms with Crippen molar-refractivity contribution in [1.29, 1.82) is 0 Å². The summed E-state index contributed by atoms with van der Waals surface area (Å²) in [5.41, 5.74) is 2.13. The molecular formula is C20H20FN3O2.